The van der Waals surface area contributed by atoms with Crippen molar-refractivity contribution in [3.63, 3.8) is 0 Å². The molecule has 1 heterocycles. The molecule has 0 aromatic heterocycles. The highest BCUT2D eigenvalue weighted by Gasteiger charge is 2.21. The molecule has 0 aliphatic carbocycles. The molecule has 1 aliphatic rings. The predicted molar refractivity (Wildman–Crippen MR) is 62.0 cm³/mol. The molecule has 90 valence electrons. The van der Waals surface area contributed by atoms with Gasteiger partial charge < -0.3 is 9.84 Å². The van der Waals surface area contributed by atoms with E-state index in [2.05, 4.69) is 11.8 Å². The minimum Gasteiger partial charge on any atom is -0.392 e. The van der Waals surface area contributed by atoms with Crippen LogP contribution in [0.1, 0.15) is 39.5 Å². The van der Waals surface area contributed by atoms with Gasteiger partial charge in [-0.1, -0.05) is 13.3 Å². The molecule has 0 aromatic carbocycles. The number of nitrogens with zero attached hydrogens (tertiary/aromatic N) is 1. The summed E-state index contributed by atoms with van der Waals surface area (Å²) in [5.74, 6) is 0. The molecule has 3 heteroatoms. The Morgan fingerprint density at radius 3 is 2.93 bits per heavy atom. The van der Waals surface area contributed by atoms with Crippen LogP contribution in [-0.4, -0.2) is 48.5 Å². The van der Waals surface area contributed by atoms with E-state index in [-0.39, 0.29) is 6.10 Å². The van der Waals surface area contributed by atoms with E-state index in [0.29, 0.717) is 6.10 Å². The van der Waals surface area contributed by atoms with Gasteiger partial charge in [0.2, 0.25) is 0 Å². The summed E-state index contributed by atoms with van der Waals surface area (Å²) in [6, 6.07) is 0. The van der Waals surface area contributed by atoms with E-state index in [1.807, 2.05) is 6.92 Å². The van der Waals surface area contributed by atoms with Gasteiger partial charge in [0, 0.05) is 19.7 Å². The number of β-amino-alcohol motifs (C(OH)–C–C–N with tert-alkyl or cyclic N) is 1. The Bertz CT molecular complexity index is 160. The van der Waals surface area contributed by atoms with E-state index in [4.69, 9.17) is 4.74 Å². The van der Waals surface area contributed by atoms with Crippen molar-refractivity contribution in [3.8, 4) is 0 Å². The van der Waals surface area contributed by atoms with Gasteiger partial charge in [-0.3, -0.25) is 4.90 Å². The zero-order valence-corrected chi connectivity index (χ0v) is 10.1. The average molecular weight is 215 g/mol. The molecule has 15 heavy (non-hydrogen) atoms. The Morgan fingerprint density at radius 2 is 2.27 bits per heavy atom. The Balaban J connectivity index is 2.23. The molecule has 2 unspecified atom stereocenters. The highest BCUT2D eigenvalue weighted by atomic mass is 16.5. The smallest absolute Gasteiger partial charge is 0.0702 e. The third kappa shape index (κ3) is 4.96. The average Bonchev–Trinajstić information content (AvgIpc) is 2.19. The van der Waals surface area contributed by atoms with Crippen molar-refractivity contribution in [1.29, 1.82) is 0 Å². The molecule has 0 saturated carbocycles. The van der Waals surface area contributed by atoms with Crippen LogP contribution in [0.4, 0.5) is 0 Å². The van der Waals surface area contributed by atoms with Gasteiger partial charge in [0.25, 0.3) is 0 Å². The molecule has 0 spiro atoms. The number of ether oxygens (including phenoxy) is 1. The maximum Gasteiger partial charge on any atom is 0.0702 e. The Labute approximate surface area is 93.4 Å². The summed E-state index contributed by atoms with van der Waals surface area (Å²) in [7, 11) is 0. The molecule has 0 amide bonds. The molecular formula is C12H25NO2. The normalized spacial score (nSPS) is 25.4. The van der Waals surface area contributed by atoms with Gasteiger partial charge in [-0.15, -0.1) is 0 Å². The fourth-order valence-electron chi connectivity index (χ4n) is 2.27. The number of likely N-dealkylation sites (tertiary alicyclic amines) is 1. The maximum absolute atomic E-state index is 9.74. The van der Waals surface area contributed by atoms with Crippen LogP contribution in [-0.2, 0) is 4.74 Å². The third-order valence-corrected chi connectivity index (χ3v) is 2.96. The Hall–Kier alpha value is -0.120. The highest BCUT2D eigenvalue weighted by Crippen LogP contribution is 2.14. The maximum atomic E-state index is 9.74. The standard InChI is InChI=1S/C12H25NO2/c1-3-6-11(14)9-13-8-5-7-12(10-13)15-4-2/h11-12,14H,3-10H2,1-2H3. The molecule has 0 aromatic rings. The minimum atomic E-state index is -0.157. The second-order valence-electron chi connectivity index (χ2n) is 4.42. The number of aliphatic hydroxyl groups is 1. The van der Waals surface area contributed by atoms with E-state index in [1.165, 1.54) is 12.8 Å². The quantitative estimate of drug-likeness (QED) is 0.731. The summed E-state index contributed by atoms with van der Waals surface area (Å²) in [6.07, 6.45) is 4.57. The topological polar surface area (TPSA) is 32.7 Å². The summed E-state index contributed by atoms with van der Waals surface area (Å²) in [6.45, 7) is 7.89. The fraction of sp³-hybridized carbons (Fsp3) is 1.00. The van der Waals surface area contributed by atoms with Crippen molar-refractivity contribution in [2.24, 2.45) is 0 Å². The molecular weight excluding hydrogens is 190 g/mol. The van der Waals surface area contributed by atoms with Crippen molar-refractivity contribution in [3.05, 3.63) is 0 Å². The monoisotopic (exact) mass is 215 g/mol. The molecule has 1 saturated heterocycles. The summed E-state index contributed by atoms with van der Waals surface area (Å²) in [5.41, 5.74) is 0. The van der Waals surface area contributed by atoms with Crippen molar-refractivity contribution < 1.29 is 9.84 Å². The molecule has 1 rings (SSSR count). The second-order valence-corrected chi connectivity index (χ2v) is 4.42. The van der Waals surface area contributed by atoms with E-state index >= 15 is 0 Å². The lowest BCUT2D eigenvalue weighted by Gasteiger charge is -2.33. The number of piperidine rings is 1. The lowest BCUT2D eigenvalue weighted by molar-refractivity contribution is -0.00763. The van der Waals surface area contributed by atoms with Crippen LogP contribution in [0.15, 0.2) is 0 Å². The predicted octanol–water partition coefficient (Wildman–Crippen LogP) is 1.65. The van der Waals surface area contributed by atoms with Crippen LogP contribution < -0.4 is 0 Å². The minimum absolute atomic E-state index is 0.157. The first-order valence-corrected chi connectivity index (χ1v) is 6.28. The SMILES string of the molecule is CCCC(O)CN1CCCC(OCC)C1. The molecule has 0 radical (unpaired) electrons. The van der Waals surface area contributed by atoms with Gasteiger partial charge in [-0.05, 0) is 32.7 Å². The molecule has 1 fully saturated rings. The van der Waals surface area contributed by atoms with Crippen molar-refractivity contribution in [2.45, 2.75) is 51.7 Å². The molecule has 1 N–H and O–H groups in total. The largest absolute Gasteiger partial charge is 0.392 e. The first kappa shape index (κ1) is 12.9. The van der Waals surface area contributed by atoms with Crippen LogP contribution in [0.25, 0.3) is 0 Å². The van der Waals surface area contributed by atoms with Gasteiger partial charge in [-0.2, -0.15) is 0 Å². The lowest BCUT2D eigenvalue weighted by Crippen LogP contribution is -2.43. The Kier molecular flexibility index (Phi) is 6.22. The van der Waals surface area contributed by atoms with Gasteiger partial charge in [0.1, 0.15) is 0 Å². The fourth-order valence-corrected chi connectivity index (χ4v) is 2.27. The first-order valence-electron chi connectivity index (χ1n) is 6.28. The van der Waals surface area contributed by atoms with E-state index in [9.17, 15) is 5.11 Å². The third-order valence-electron chi connectivity index (χ3n) is 2.96. The van der Waals surface area contributed by atoms with Crippen molar-refractivity contribution >= 4 is 0 Å². The van der Waals surface area contributed by atoms with Crippen LogP contribution in [0.3, 0.4) is 0 Å². The molecule has 1 aliphatic heterocycles. The van der Waals surface area contributed by atoms with Crippen LogP contribution in [0, 0.1) is 0 Å². The first-order chi connectivity index (χ1) is 7.26. The summed E-state index contributed by atoms with van der Waals surface area (Å²) in [4.78, 5) is 2.34. The number of aliphatic hydroxyl groups excluding tert-OH is 1. The van der Waals surface area contributed by atoms with E-state index in [1.54, 1.807) is 0 Å². The number of rotatable bonds is 6. The van der Waals surface area contributed by atoms with Crippen LogP contribution in [0.5, 0.6) is 0 Å². The lowest BCUT2D eigenvalue weighted by atomic mass is 10.1. The van der Waals surface area contributed by atoms with E-state index in [0.717, 1.165) is 39.1 Å². The number of hydrogen-bond donors (Lipinski definition) is 1. The second kappa shape index (κ2) is 7.20. The highest BCUT2D eigenvalue weighted by molar-refractivity contribution is 4.75. The van der Waals surface area contributed by atoms with Gasteiger partial charge in [-0.25, -0.2) is 0 Å². The molecule has 0 bridgehead atoms. The van der Waals surface area contributed by atoms with Crippen molar-refractivity contribution in [2.75, 3.05) is 26.2 Å². The van der Waals surface area contributed by atoms with Gasteiger partial charge in [0.05, 0.1) is 12.2 Å². The molecule has 2 atom stereocenters. The Morgan fingerprint density at radius 1 is 1.47 bits per heavy atom. The zero-order chi connectivity index (χ0) is 11.1. The van der Waals surface area contributed by atoms with Gasteiger partial charge >= 0.3 is 0 Å². The summed E-state index contributed by atoms with van der Waals surface area (Å²) < 4.78 is 5.63. The van der Waals surface area contributed by atoms with Crippen LogP contribution in [0.2, 0.25) is 0 Å². The van der Waals surface area contributed by atoms with Gasteiger partial charge in [0.15, 0.2) is 0 Å². The van der Waals surface area contributed by atoms with Crippen molar-refractivity contribution in [1.82, 2.24) is 4.90 Å². The van der Waals surface area contributed by atoms with E-state index < -0.39 is 0 Å². The number of hydrogen-bond acceptors (Lipinski definition) is 3. The summed E-state index contributed by atoms with van der Waals surface area (Å²) in [5, 5.41) is 9.74. The van der Waals surface area contributed by atoms with Crippen LogP contribution >= 0.6 is 0 Å². The molecule has 3 nitrogen and oxygen atoms in total. The summed E-state index contributed by atoms with van der Waals surface area (Å²) >= 11 is 0. The zero-order valence-electron chi connectivity index (χ0n) is 10.1.